The Morgan fingerprint density at radius 3 is 2.50 bits per heavy atom. The summed E-state index contributed by atoms with van der Waals surface area (Å²) < 4.78 is 12.8. The van der Waals surface area contributed by atoms with Crippen molar-refractivity contribution in [2.45, 2.75) is 18.6 Å². The lowest BCUT2D eigenvalue weighted by Gasteiger charge is -2.14. The van der Waals surface area contributed by atoms with Crippen molar-refractivity contribution in [1.29, 1.82) is 0 Å². The molecule has 1 aromatic carbocycles. The summed E-state index contributed by atoms with van der Waals surface area (Å²) in [6, 6.07) is 6.59. The molecule has 0 aliphatic heterocycles. The van der Waals surface area contributed by atoms with Gasteiger partial charge in [0.05, 0.1) is 0 Å². The van der Waals surface area contributed by atoms with Gasteiger partial charge in [0, 0.05) is 25.4 Å². The van der Waals surface area contributed by atoms with Gasteiger partial charge in [-0.15, -0.1) is 24.0 Å². The van der Waals surface area contributed by atoms with E-state index < -0.39 is 0 Å². The SMILES string of the molecule is CN=C(NCCc1ccc(F)cc1)NCC(C)SC.I. The third kappa shape index (κ3) is 7.94. The number of hydrogen-bond acceptors (Lipinski definition) is 2. The van der Waals surface area contributed by atoms with Gasteiger partial charge in [0.15, 0.2) is 5.96 Å². The molecule has 0 aliphatic rings. The first-order chi connectivity index (χ1) is 9.15. The fraction of sp³-hybridized carbons (Fsp3) is 0.500. The van der Waals surface area contributed by atoms with Crippen LogP contribution in [-0.2, 0) is 6.42 Å². The minimum atomic E-state index is -0.194. The molecule has 0 saturated heterocycles. The minimum absolute atomic E-state index is 0. The number of nitrogens with one attached hydrogen (secondary N) is 2. The first-order valence-electron chi connectivity index (χ1n) is 6.37. The first kappa shape index (κ1) is 19.5. The van der Waals surface area contributed by atoms with Crippen LogP contribution in [0.2, 0.25) is 0 Å². The minimum Gasteiger partial charge on any atom is -0.356 e. The van der Waals surface area contributed by atoms with Gasteiger partial charge in [-0.3, -0.25) is 4.99 Å². The summed E-state index contributed by atoms with van der Waals surface area (Å²) in [7, 11) is 1.76. The highest BCUT2D eigenvalue weighted by atomic mass is 127. The lowest BCUT2D eigenvalue weighted by Crippen LogP contribution is -2.40. The quantitative estimate of drug-likeness (QED) is 0.430. The topological polar surface area (TPSA) is 36.4 Å². The summed E-state index contributed by atoms with van der Waals surface area (Å²) >= 11 is 1.82. The van der Waals surface area contributed by atoms with Crippen molar-refractivity contribution in [3.8, 4) is 0 Å². The highest BCUT2D eigenvalue weighted by Gasteiger charge is 2.01. The molecule has 114 valence electrons. The number of halogens is 2. The van der Waals surface area contributed by atoms with Gasteiger partial charge in [-0.2, -0.15) is 11.8 Å². The Morgan fingerprint density at radius 2 is 1.95 bits per heavy atom. The molecule has 1 rings (SSSR count). The molecule has 0 saturated carbocycles. The van der Waals surface area contributed by atoms with E-state index in [1.807, 2.05) is 23.9 Å². The van der Waals surface area contributed by atoms with E-state index in [0.717, 1.165) is 31.0 Å². The van der Waals surface area contributed by atoms with Crippen LogP contribution >= 0.6 is 35.7 Å². The standard InChI is InChI=1S/C14H22FN3S.HI/c1-11(19-3)10-18-14(16-2)17-9-8-12-4-6-13(15)7-5-12;/h4-7,11H,8-10H2,1-3H3,(H2,16,17,18);1H. The monoisotopic (exact) mass is 411 g/mol. The third-order valence-electron chi connectivity index (χ3n) is 2.80. The predicted molar refractivity (Wildman–Crippen MR) is 97.9 cm³/mol. The second-order valence-corrected chi connectivity index (χ2v) is 5.58. The highest BCUT2D eigenvalue weighted by molar-refractivity contribution is 14.0. The van der Waals surface area contributed by atoms with Crippen molar-refractivity contribution >= 4 is 41.7 Å². The zero-order valence-corrected chi connectivity index (χ0v) is 15.3. The molecule has 1 aromatic rings. The largest absolute Gasteiger partial charge is 0.356 e. The number of aliphatic imine (C=N–C) groups is 1. The Labute approximate surface area is 142 Å². The van der Waals surface area contributed by atoms with E-state index in [-0.39, 0.29) is 29.8 Å². The van der Waals surface area contributed by atoms with Gasteiger partial charge in [-0.1, -0.05) is 19.1 Å². The average Bonchev–Trinajstić information content (AvgIpc) is 2.44. The maximum atomic E-state index is 12.8. The van der Waals surface area contributed by atoms with Gasteiger partial charge in [0.2, 0.25) is 0 Å². The van der Waals surface area contributed by atoms with Gasteiger partial charge < -0.3 is 10.6 Å². The van der Waals surface area contributed by atoms with Crippen LogP contribution in [0.5, 0.6) is 0 Å². The van der Waals surface area contributed by atoms with Crippen molar-refractivity contribution in [2.75, 3.05) is 26.4 Å². The van der Waals surface area contributed by atoms with E-state index >= 15 is 0 Å². The molecule has 1 unspecified atom stereocenters. The molecule has 20 heavy (non-hydrogen) atoms. The van der Waals surface area contributed by atoms with Crippen molar-refractivity contribution < 1.29 is 4.39 Å². The Morgan fingerprint density at radius 1 is 1.30 bits per heavy atom. The van der Waals surface area contributed by atoms with Crippen LogP contribution in [0.1, 0.15) is 12.5 Å². The summed E-state index contributed by atoms with van der Waals surface area (Å²) in [6.07, 6.45) is 2.94. The second-order valence-electron chi connectivity index (χ2n) is 4.30. The highest BCUT2D eigenvalue weighted by Crippen LogP contribution is 2.03. The van der Waals surface area contributed by atoms with Crippen LogP contribution in [0.15, 0.2) is 29.3 Å². The molecule has 0 amide bonds. The zero-order chi connectivity index (χ0) is 14.1. The molecule has 0 bridgehead atoms. The molecular weight excluding hydrogens is 388 g/mol. The van der Waals surface area contributed by atoms with Crippen LogP contribution in [0.4, 0.5) is 4.39 Å². The summed E-state index contributed by atoms with van der Waals surface area (Å²) in [4.78, 5) is 4.16. The molecule has 0 spiro atoms. The van der Waals surface area contributed by atoms with Crippen LogP contribution in [0, 0.1) is 5.82 Å². The predicted octanol–water partition coefficient (Wildman–Crippen LogP) is 2.90. The van der Waals surface area contributed by atoms with E-state index in [4.69, 9.17) is 0 Å². The third-order valence-corrected chi connectivity index (χ3v) is 3.77. The molecule has 0 radical (unpaired) electrons. The smallest absolute Gasteiger partial charge is 0.191 e. The molecule has 0 aromatic heterocycles. The molecule has 0 aliphatic carbocycles. The van der Waals surface area contributed by atoms with Crippen molar-refractivity contribution in [1.82, 2.24) is 10.6 Å². The molecule has 1 atom stereocenters. The fourth-order valence-electron chi connectivity index (χ4n) is 1.52. The molecule has 3 nitrogen and oxygen atoms in total. The number of rotatable bonds is 6. The van der Waals surface area contributed by atoms with E-state index in [1.165, 1.54) is 12.1 Å². The molecule has 0 heterocycles. The van der Waals surface area contributed by atoms with Gasteiger partial charge in [0.1, 0.15) is 5.82 Å². The van der Waals surface area contributed by atoms with Crippen LogP contribution < -0.4 is 10.6 Å². The summed E-state index contributed by atoms with van der Waals surface area (Å²) in [5.74, 6) is 0.614. The second kappa shape index (κ2) is 11.2. The van der Waals surface area contributed by atoms with Crippen molar-refractivity contribution in [3.05, 3.63) is 35.6 Å². The molecule has 2 N–H and O–H groups in total. The zero-order valence-electron chi connectivity index (χ0n) is 12.1. The van der Waals surface area contributed by atoms with E-state index in [0.29, 0.717) is 5.25 Å². The normalized spacial score (nSPS) is 12.5. The fourth-order valence-corrected chi connectivity index (χ4v) is 1.77. The van der Waals surface area contributed by atoms with Crippen LogP contribution in [0.3, 0.4) is 0 Å². The summed E-state index contributed by atoms with van der Waals surface area (Å²) in [5.41, 5.74) is 1.11. The van der Waals surface area contributed by atoms with Gasteiger partial charge in [0.25, 0.3) is 0 Å². The number of nitrogens with zero attached hydrogens (tertiary/aromatic N) is 1. The number of benzene rings is 1. The Balaban J connectivity index is 0.00000361. The maximum Gasteiger partial charge on any atom is 0.191 e. The number of thioether (sulfide) groups is 1. The lowest BCUT2D eigenvalue weighted by atomic mass is 10.1. The summed E-state index contributed by atoms with van der Waals surface area (Å²) in [6.45, 7) is 3.83. The number of hydrogen-bond donors (Lipinski definition) is 2. The van der Waals surface area contributed by atoms with E-state index in [9.17, 15) is 4.39 Å². The average molecular weight is 411 g/mol. The number of guanidine groups is 1. The van der Waals surface area contributed by atoms with Gasteiger partial charge in [-0.05, 0) is 30.4 Å². The molecule has 6 heteroatoms. The Hall–Kier alpha value is -0.500. The Kier molecular flexibility index (Phi) is 10.9. The van der Waals surface area contributed by atoms with Gasteiger partial charge >= 0.3 is 0 Å². The van der Waals surface area contributed by atoms with E-state index in [1.54, 1.807) is 7.05 Å². The molecule has 0 fully saturated rings. The molecular formula is C14H23FIN3S. The van der Waals surface area contributed by atoms with Crippen LogP contribution in [-0.4, -0.2) is 37.6 Å². The lowest BCUT2D eigenvalue weighted by molar-refractivity contribution is 0.626. The van der Waals surface area contributed by atoms with Crippen LogP contribution in [0.25, 0.3) is 0 Å². The maximum absolute atomic E-state index is 12.8. The van der Waals surface area contributed by atoms with Crippen molar-refractivity contribution in [2.24, 2.45) is 4.99 Å². The van der Waals surface area contributed by atoms with Gasteiger partial charge in [-0.25, -0.2) is 4.39 Å². The van der Waals surface area contributed by atoms with Crippen molar-refractivity contribution in [3.63, 3.8) is 0 Å². The first-order valence-corrected chi connectivity index (χ1v) is 7.66. The summed E-state index contributed by atoms with van der Waals surface area (Å²) in [5, 5.41) is 7.07. The Bertz CT molecular complexity index is 398. The van der Waals surface area contributed by atoms with E-state index in [2.05, 4.69) is 28.8 Å².